The standard InChI is InChI=1S/C12H11FN4OS2/c13-7-1-2-10-8(5-7)9(3-4-19-10)15-11(18)16-12-17-14-6-20-12/h1-2,5-6,9H,3-4H2,(H2,15,16,17,18). The number of benzene rings is 1. The van der Waals surface area contributed by atoms with Crippen LogP contribution in [0.3, 0.4) is 0 Å². The highest BCUT2D eigenvalue weighted by Gasteiger charge is 2.23. The predicted octanol–water partition coefficient (Wildman–Crippen LogP) is 3.04. The second-order valence-corrected chi connectivity index (χ2v) is 6.18. The molecule has 1 aliphatic heterocycles. The van der Waals surface area contributed by atoms with Gasteiger partial charge in [0.25, 0.3) is 0 Å². The van der Waals surface area contributed by atoms with Crippen molar-refractivity contribution in [3.05, 3.63) is 35.1 Å². The normalized spacial score (nSPS) is 17.4. The quantitative estimate of drug-likeness (QED) is 0.894. The summed E-state index contributed by atoms with van der Waals surface area (Å²) in [6.45, 7) is 0. The first-order valence-electron chi connectivity index (χ1n) is 5.98. The number of rotatable bonds is 2. The smallest absolute Gasteiger partial charge is 0.321 e. The second-order valence-electron chi connectivity index (χ2n) is 4.21. The lowest BCUT2D eigenvalue weighted by Gasteiger charge is -2.25. The number of anilines is 1. The van der Waals surface area contributed by atoms with Gasteiger partial charge >= 0.3 is 6.03 Å². The molecule has 0 aliphatic carbocycles. The average molecular weight is 310 g/mol. The van der Waals surface area contributed by atoms with Crippen molar-refractivity contribution in [1.82, 2.24) is 15.5 Å². The summed E-state index contributed by atoms with van der Waals surface area (Å²) in [7, 11) is 0. The Morgan fingerprint density at radius 3 is 3.15 bits per heavy atom. The van der Waals surface area contributed by atoms with E-state index < -0.39 is 0 Å². The number of halogens is 1. The van der Waals surface area contributed by atoms with Crippen molar-refractivity contribution >= 4 is 34.3 Å². The number of carbonyl (C=O) groups excluding carboxylic acids is 1. The Morgan fingerprint density at radius 1 is 1.45 bits per heavy atom. The van der Waals surface area contributed by atoms with E-state index >= 15 is 0 Å². The van der Waals surface area contributed by atoms with E-state index in [2.05, 4.69) is 20.8 Å². The van der Waals surface area contributed by atoms with Crippen LogP contribution in [0.15, 0.2) is 28.6 Å². The van der Waals surface area contributed by atoms with Crippen LogP contribution in [0.2, 0.25) is 0 Å². The van der Waals surface area contributed by atoms with Crippen molar-refractivity contribution in [1.29, 1.82) is 0 Å². The van der Waals surface area contributed by atoms with Gasteiger partial charge in [0, 0.05) is 10.6 Å². The molecule has 1 atom stereocenters. The molecule has 0 spiro atoms. The van der Waals surface area contributed by atoms with E-state index in [-0.39, 0.29) is 17.9 Å². The SMILES string of the molecule is O=C(Nc1nncs1)NC1CCSc2ccc(F)cc21. The zero-order valence-corrected chi connectivity index (χ0v) is 11.9. The summed E-state index contributed by atoms with van der Waals surface area (Å²) >= 11 is 2.92. The zero-order valence-electron chi connectivity index (χ0n) is 10.3. The molecule has 0 saturated heterocycles. The molecular formula is C12H11FN4OS2. The molecule has 5 nitrogen and oxygen atoms in total. The molecule has 104 valence electrons. The van der Waals surface area contributed by atoms with Crippen molar-refractivity contribution in [3.63, 3.8) is 0 Å². The summed E-state index contributed by atoms with van der Waals surface area (Å²) in [5.74, 6) is 0.602. The summed E-state index contributed by atoms with van der Waals surface area (Å²) in [5, 5.41) is 13.3. The first-order chi connectivity index (χ1) is 9.72. The lowest BCUT2D eigenvalue weighted by atomic mass is 10.0. The third-order valence-electron chi connectivity index (χ3n) is 2.90. The highest BCUT2D eigenvalue weighted by molar-refractivity contribution is 7.99. The first-order valence-corrected chi connectivity index (χ1v) is 7.85. The van der Waals surface area contributed by atoms with E-state index in [1.54, 1.807) is 17.8 Å². The first kappa shape index (κ1) is 13.3. The molecule has 0 fully saturated rings. The Kier molecular flexibility index (Phi) is 3.83. The maximum atomic E-state index is 13.4. The van der Waals surface area contributed by atoms with Crippen LogP contribution < -0.4 is 10.6 Å². The molecule has 2 aromatic rings. The monoisotopic (exact) mass is 310 g/mol. The van der Waals surface area contributed by atoms with Gasteiger partial charge in [0.2, 0.25) is 5.13 Å². The molecule has 3 rings (SSSR count). The van der Waals surface area contributed by atoms with Gasteiger partial charge in [0.1, 0.15) is 11.3 Å². The minimum absolute atomic E-state index is 0.185. The van der Waals surface area contributed by atoms with E-state index in [0.717, 1.165) is 22.6 Å². The van der Waals surface area contributed by atoms with E-state index in [4.69, 9.17) is 0 Å². The minimum atomic E-state index is -0.353. The van der Waals surface area contributed by atoms with Crippen LogP contribution in [-0.2, 0) is 0 Å². The van der Waals surface area contributed by atoms with Crippen molar-refractivity contribution < 1.29 is 9.18 Å². The van der Waals surface area contributed by atoms with Gasteiger partial charge in [-0.3, -0.25) is 5.32 Å². The van der Waals surface area contributed by atoms with Crippen LogP contribution in [0.5, 0.6) is 0 Å². The third kappa shape index (κ3) is 2.91. The molecule has 0 saturated carbocycles. The number of nitrogens with one attached hydrogen (secondary N) is 2. The number of thioether (sulfide) groups is 1. The zero-order chi connectivity index (χ0) is 13.9. The molecule has 0 radical (unpaired) electrons. The number of nitrogens with zero attached hydrogens (tertiary/aromatic N) is 2. The van der Waals surface area contributed by atoms with Crippen LogP contribution in [0.4, 0.5) is 14.3 Å². The van der Waals surface area contributed by atoms with E-state index in [1.165, 1.54) is 29.0 Å². The summed E-state index contributed by atoms with van der Waals surface area (Å²) in [5.41, 5.74) is 2.37. The number of aromatic nitrogens is 2. The Bertz CT molecular complexity index is 620. The van der Waals surface area contributed by atoms with Gasteiger partial charge in [0.05, 0.1) is 6.04 Å². The molecule has 2 amide bonds. The van der Waals surface area contributed by atoms with Crippen molar-refractivity contribution in [3.8, 4) is 0 Å². The topological polar surface area (TPSA) is 66.9 Å². The van der Waals surface area contributed by atoms with Crippen LogP contribution in [0, 0.1) is 5.82 Å². The van der Waals surface area contributed by atoms with Crippen LogP contribution in [0.1, 0.15) is 18.0 Å². The highest BCUT2D eigenvalue weighted by Crippen LogP contribution is 2.36. The van der Waals surface area contributed by atoms with Gasteiger partial charge in [0.15, 0.2) is 0 Å². The minimum Gasteiger partial charge on any atom is -0.331 e. The van der Waals surface area contributed by atoms with Gasteiger partial charge in [-0.15, -0.1) is 22.0 Å². The molecule has 20 heavy (non-hydrogen) atoms. The maximum Gasteiger partial charge on any atom is 0.321 e. The van der Waals surface area contributed by atoms with Crippen molar-refractivity contribution in [2.45, 2.75) is 17.4 Å². The maximum absolute atomic E-state index is 13.4. The Hall–Kier alpha value is -1.67. The fourth-order valence-electron chi connectivity index (χ4n) is 2.03. The molecule has 1 aromatic heterocycles. The molecule has 2 N–H and O–H groups in total. The van der Waals surface area contributed by atoms with Gasteiger partial charge in [-0.1, -0.05) is 11.3 Å². The Morgan fingerprint density at radius 2 is 2.35 bits per heavy atom. The van der Waals surface area contributed by atoms with Gasteiger partial charge < -0.3 is 5.32 Å². The van der Waals surface area contributed by atoms with Crippen molar-refractivity contribution in [2.75, 3.05) is 11.1 Å². The van der Waals surface area contributed by atoms with Crippen molar-refractivity contribution in [2.24, 2.45) is 0 Å². The molecule has 1 unspecified atom stereocenters. The summed E-state index contributed by atoms with van der Waals surface area (Å²) < 4.78 is 13.4. The highest BCUT2D eigenvalue weighted by atomic mass is 32.2. The van der Waals surface area contributed by atoms with E-state index in [9.17, 15) is 9.18 Å². The summed E-state index contributed by atoms with van der Waals surface area (Å²) in [4.78, 5) is 12.9. The number of hydrogen-bond acceptors (Lipinski definition) is 5. The van der Waals surface area contributed by atoms with E-state index in [1.807, 2.05) is 0 Å². The lowest BCUT2D eigenvalue weighted by Crippen LogP contribution is -2.34. The van der Waals surface area contributed by atoms with Gasteiger partial charge in [-0.25, -0.2) is 9.18 Å². The third-order valence-corrected chi connectivity index (χ3v) is 4.63. The lowest BCUT2D eigenvalue weighted by molar-refractivity contribution is 0.248. The number of carbonyl (C=O) groups is 1. The number of amides is 2. The van der Waals surface area contributed by atoms with E-state index in [0.29, 0.717) is 5.13 Å². The van der Waals surface area contributed by atoms with Gasteiger partial charge in [-0.2, -0.15) is 0 Å². The van der Waals surface area contributed by atoms with Crippen LogP contribution in [-0.4, -0.2) is 22.0 Å². The number of fused-ring (bicyclic) bond motifs is 1. The molecule has 1 aliphatic rings. The molecule has 1 aromatic carbocycles. The Labute approximate surface area is 123 Å². The Balaban J connectivity index is 1.72. The summed E-state index contributed by atoms with van der Waals surface area (Å²) in [6.07, 6.45) is 0.769. The fourth-order valence-corrected chi connectivity index (χ4v) is 3.58. The summed E-state index contributed by atoms with van der Waals surface area (Å²) in [6, 6.07) is 4.14. The van der Waals surface area contributed by atoms with Crippen LogP contribution in [0.25, 0.3) is 0 Å². The molecular weight excluding hydrogens is 299 g/mol. The number of hydrogen-bond donors (Lipinski definition) is 2. The fraction of sp³-hybridized carbons (Fsp3) is 0.250. The largest absolute Gasteiger partial charge is 0.331 e. The molecule has 0 bridgehead atoms. The second kappa shape index (κ2) is 5.76. The average Bonchev–Trinajstić information content (AvgIpc) is 2.92. The molecule has 2 heterocycles. The van der Waals surface area contributed by atoms with Gasteiger partial charge in [-0.05, 0) is 30.2 Å². The number of urea groups is 1. The van der Waals surface area contributed by atoms with Crippen LogP contribution >= 0.6 is 23.1 Å². The predicted molar refractivity (Wildman–Crippen MR) is 76.5 cm³/mol. The molecule has 8 heteroatoms.